The minimum absolute atomic E-state index is 0.0551. The highest BCUT2D eigenvalue weighted by Gasteiger charge is 2.55. The largest absolute Gasteiger partial charge is 0.396 e. The van der Waals surface area contributed by atoms with Gasteiger partial charge in [0, 0.05) is 37.9 Å². The summed E-state index contributed by atoms with van der Waals surface area (Å²) in [6.07, 6.45) is 8.37. The summed E-state index contributed by atoms with van der Waals surface area (Å²) in [7, 11) is 1.82. The van der Waals surface area contributed by atoms with E-state index in [-0.39, 0.29) is 30.2 Å². The number of aliphatic hydroxyl groups is 2. The van der Waals surface area contributed by atoms with E-state index >= 15 is 0 Å². The van der Waals surface area contributed by atoms with Gasteiger partial charge < -0.3 is 25.4 Å². The molecule has 1 aliphatic heterocycles. The third kappa shape index (κ3) is 5.38. The van der Waals surface area contributed by atoms with Gasteiger partial charge in [0.2, 0.25) is 0 Å². The number of rotatable bonds is 11. The van der Waals surface area contributed by atoms with Crippen LogP contribution in [0.25, 0.3) is 0 Å². The standard InChI is InChI=1S/C23H42N4O4/c1-14(21(29)31-12-5-4-11-28)18-13-19-17(18)7-6-9-23(19,30-3)10-8-16-15(2)26-22(25)27-20(16)24/h6-7,14,16-22,27-29H,4-5,8-13,24-25H2,1-3H3/t14-,16-,17?,18+,19+,20?,21-,22?,23-/m1/s1. The number of hydrogen-bond donors (Lipinski definition) is 5. The average molecular weight is 439 g/mol. The molecule has 178 valence electrons. The maximum absolute atomic E-state index is 10.5. The van der Waals surface area contributed by atoms with Crippen LogP contribution in [-0.2, 0) is 9.47 Å². The Morgan fingerprint density at radius 1 is 1.35 bits per heavy atom. The topological polar surface area (TPSA) is 135 Å². The number of ether oxygens (including phenoxy) is 2. The minimum Gasteiger partial charge on any atom is -0.396 e. The second-order valence-corrected chi connectivity index (χ2v) is 9.59. The van der Waals surface area contributed by atoms with Crippen molar-refractivity contribution < 1.29 is 19.7 Å². The van der Waals surface area contributed by atoms with Crippen LogP contribution in [0.4, 0.5) is 0 Å². The number of aliphatic hydroxyl groups excluding tert-OH is 2. The predicted octanol–water partition coefficient (Wildman–Crippen LogP) is 1.32. The summed E-state index contributed by atoms with van der Waals surface area (Å²) in [6, 6.07) is 0. The van der Waals surface area contributed by atoms with Gasteiger partial charge in [0.1, 0.15) is 0 Å². The molecule has 0 aromatic heterocycles. The van der Waals surface area contributed by atoms with Crippen molar-refractivity contribution in [2.45, 2.75) is 76.7 Å². The van der Waals surface area contributed by atoms with Gasteiger partial charge in [-0.05, 0) is 63.2 Å². The Balaban J connectivity index is 1.58. The van der Waals surface area contributed by atoms with E-state index in [0.29, 0.717) is 30.8 Å². The van der Waals surface area contributed by atoms with Crippen LogP contribution >= 0.6 is 0 Å². The number of fused-ring (bicyclic) bond motifs is 1. The second kappa shape index (κ2) is 10.8. The summed E-state index contributed by atoms with van der Waals surface area (Å²) >= 11 is 0. The molecule has 0 bridgehead atoms. The van der Waals surface area contributed by atoms with Gasteiger partial charge in [0.05, 0.1) is 11.8 Å². The molecule has 3 rings (SSSR count). The second-order valence-electron chi connectivity index (χ2n) is 9.59. The van der Waals surface area contributed by atoms with Crippen LogP contribution in [0.15, 0.2) is 17.1 Å². The average Bonchev–Trinajstić information content (AvgIpc) is 2.71. The molecule has 0 saturated heterocycles. The van der Waals surface area contributed by atoms with E-state index in [4.69, 9.17) is 26.0 Å². The van der Waals surface area contributed by atoms with Crippen LogP contribution in [0.1, 0.15) is 52.4 Å². The molecule has 7 N–H and O–H groups in total. The first-order chi connectivity index (χ1) is 14.8. The minimum atomic E-state index is -0.772. The number of hydrogen-bond acceptors (Lipinski definition) is 8. The number of aliphatic imine (C=N–C) groups is 1. The normalized spacial score (nSPS) is 39.4. The van der Waals surface area contributed by atoms with Gasteiger partial charge in [0.25, 0.3) is 0 Å². The van der Waals surface area contributed by atoms with Crippen molar-refractivity contribution in [3.63, 3.8) is 0 Å². The summed E-state index contributed by atoms with van der Waals surface area (Å²) in [5.41, 5.74) is 13.0. The molecule has 8 heteroatoms. The zero-order valence-corrected chi connectivity index (χ0v) is 19.2. The number of methoxy groups -OCH3 is 1. The Hall–Kier alpha value is -0.870. The Kier molecular flexibility index (Phi) is 8.65. The van der Waals surface area contributed by atoms with Gasteiger partial charge >= 0.3 is 0 Å². The van der Waals surface area contributed by atoms with Crippen molar-refractivity contribution in [2.75, 3.05) is 20.3 Å². The summed E-state index contributed by atoms with van der Waals surface area (Å²) < 4.78 is 11.8. The molecule has 8 nitrogen and oxygen atoms in total. The highest BCUT2D eigenvalue weighted by Crippen LogP contribution is 2.56. The molecule has 0 radical (unpaired) electrons. The highest BCUT2D eigenvalue weighted by atomic mass is 16.6. The molecule has 1 fully saturated rings. The lowest BCUT2D eigenvalue weighted by atomic mass is 9.51. The summed E-state index contributed by atoms with van der Waals surface area (Å²) in [5.74, 6) is 1.41. The molecule has 2 aliphatic carbocycles. The van der Waals surface area contributed by atoms with Crippen molar-refractivity contribution in [3.05, 3.63) is 12.2 Å². The van der Waals surface area contributed by atoms with Crippen LogP contribution in [-0.4, -0.2) is 60.6 Å². The van der Waals surface area contributed by atoms with E-state index in [1.807, 2.05) is 14.0 Å². The smallest absolute Gasteiger partial charge is 0.157 e. The molecular weight excluding hydrogens is 396 g/mol. The van der Waals surface area contributed by atoms with Crippen LogP contribution in [0, 0.1) is 29.6 Å². The molecule has 1 heterocycles. The number of nitrogens with two attached hydrogens (primary N) is 2. The van der Waals surface area contributed by atoms with Crippen molar-refractivity contribution in [2.24, 2.45) is 46.0 Å². The lowest BCUT2D eigenvalue weighted by molar-refractivity contribution is -0.190. The van der Waals surface area contributed by atoms with Gasteiger partial charge in [-0.1, -0.05) is 19.1 Å². The Morgan fingerprint density at radius 2 is 2.13 bits per heavy atom. The zero-order valence-electron chi connectivity index (χ0n) is 19.2. The molecule has 31 heavy (non-hydrogen) atoms. The van der Waals surface area contributed by atoms with Crippen molar-refractivity contribution in [1.82, 2.24) is 5.32 Å². The third-order valence-corrected chi connectivity index (χ3v) is 7.91. The summed E-state index contributed by atoms with van der Waals surface area (Å²) in [6.45, 7) is 4.72. The lowest BCUT2D eigenvalue weighted by Crippen LogP contribution is -2.59. The fourth-order valence-corrected chi connectivity index (χ4v) is 5.81. The molecule has 3 unspecified atom stereocenters. The summed E-state index contributed by atoms with van der Waals surface area (Å²) in [4.78, 5) is 4.46. The molecule has 0 aromatic carbocycles. The van der Waals surface area contributed by atoms with Gasteiger partial charge in [0.15, 0.2) is 12.6 Å². The maximum Gasteiger partial charge on any atom is 0.157 e. The number of nitrogens with zero attached hydrogens (tertiary/aromatic N) is 1. The number of unbranched alkanes of at least 4 members (excludes halogenated alkanes) is 1. The quantitative estimate of drug-likeness (QED) is 0.186. The number of nitrogens with one attached hydrogen (secondary N) is 1. The summed E-state index contributed by atoms with van der Waals surface area (Å²) in [5, 5.41) is 22.5. The molecular formula is C23H42N4O4. The van der Waals surface area contributed by atoms with Crippen LogP contribution in [0.5, 0.6) is 0 Å². The van der Waals surface area contributed by atoms with Gasteiger partial charge in [-0.25, -0.2) is 0 Å². The molecule has 1 saturated carbocycles. The van der Waals surface area contributed by atoms with E-state index in [1.54, 1.807) is 0 Å². The zero-order chi connectivity index (χ0) is 22.6. The Bertz CT molecular complexity index is 645. The molecule has 9 atom stereocenters. The Morgan fingerprint density at radius 3 is 2.81 bits per heavy atom. The fourth-order valence-electron chi connectivity index (χ4n) is 5.81. The first-order valence-electron chi connectivity index (χ1n) is 11.8. The van der Waals surface area contributed by atoms with E-state index in [2.05, 4.69) is 29.4 Å². The fraction of sp³-hybridized carbons (Fsp3) is 0.870. The van der Waals surface area contributed by atoms with E-state index in [1.165, 1.54) is 0 Å². The van der Waals surface area contributed by atoms with Crippen molar-refractivity contribution in [1.29, 1.82) is 0 Å². The van der Waals surface area contributed by atoms with Crippen molar-refractivity contribution >= 4 is 5.71 Å². The van der Waals surface area contributed by atoms with E-state index in [0.717, 1.165) is 37.8 Å². The third-order valence-electron chi connectivity index (χ3n) is 7.91. The van der Waals surface area contributed by atoms with Crippen LogP contribution in [0.2, 0.25) is 0 Å². The molecule has 0 aromatic rings. The molecule has 0 spiro atoms. The maximum atomic E-state index is 10.5. The first-order valence-corrected chi connectivity index (χ1v) is 11.8. The van der Waals surface area contributed by atoms with Crippen LogP contribution in [0.3, 0.4) is 0 Å². The van der Waals surface area contributed by atoms with E-state index in [9.17, 15) is 5.11 Å². The number of allylic oxidation sites excluding steroid dienone is 1. The SMILES string of the molecule is CO[C@@]1(CC[C@@H]2C(C)=NC(N)NC2N)CC=CC2[C@H]([C@@H](C)[C@H](O)OCCCCO)C[C@@H]21. The highest BCUT2D eigenvalue weighted by molar-refractivity contribution is 5.85. The van der Waals surface area contributed by atoms with Crippen LogP contribution < -0.4 is 16.8 Å². The Labute approximate surface area is 186 Å². The predicted molar refractivity (Wildman–Crippen MR) is 121 cm³/mol. The lowest BCUT2D eigenvalue weighted by Gasteiger charge is -2.57. The monoisotopic (exact) mass is 438 g/mol. The van der Waals surface area contributed by atoms with Gasteiger partial charge in [-0.3, -0.25) is 16.0 Å². The molecule has 3 aliphatic rings. The van der Waals surface area contributed by atoms with E-state index < -0.39 is 12.6 Å². The van der Waals surface area contributed by atoms with Gasteiger partial charge in [-0.15, -0.1) is 0 Å². The van der Waals surface area contributed by atoms with Crippen molar-refractivity contribution in [3.8, 4) is 0 Å². The first kappa shape index (κ1) is 24.8. The van der Waals surface area contributed by atoms with Gasteiger partial charge in [-0.2, -0.15) is 0 Å². The molecule has 0 amide bonds.